The molecular weight excluding hydrogens is 291 g/mol. The van der Waals surface area contributed by atoms with Crippen molar-refractivity contribution >= 4 is 23.6 Å². The highest BCUT2D eigenvalue weighted by Gasteiger charge is 2.16. The molecule has 0 fully saturated rings. The highest BCUT2D eigenvalue weighted by Crippen LogP contribution is 2.21. The van der Waals surface area contributed by atoms with Gasteiger partial charge in [0.05, 0.1) is 12.3 Å². The lowest BCUT2D eigenvalue weighted by Gasteiger charge is -2.21. The number of hydrogen-bond acceptors (Lipinski definition) is 3. The Hall–Kier alpha value is -1.56. The Bertz CT molecular complexity index is 494. The lowest BCUT2D eigenvalue weighted by atomic mass is 10.3. The molecule has 0 aliphatic carbocycles. The lowest BCUT2D eigenvalue weighted by Crippen LogP contribution is -2.43. The van der Waals surface area contributed by atoms with E-state index < -0.39 is 0 Å². The van der Waals surface area contributed by atoms with Gasteiger partial charge < -0.3 is 10.2 Å². The highest BCUT2D eigenvalue weighted by atomic mass is 32.2. The smallest absolute Gasteiger partial charge is 0.239 e. The molecule has 21 heavy (non-hydrogen) atoms. The summed E-state index contributed by atoms with van der Waals surface area (Å²) < 4.78 is 13.5. The van der Waals surface area contributed by atoms with Gasteiger partial charge in [0.1, 0.15) is 5.82 Å². The fourth-order valence-corrected chi connectivity index (χ4v) is 2.55. The molecule has 0 saturated carbocycles. The molecule has 1 rings (SSSR count). The number of hydrogen-bond donors (Lipinski definition) is 1. The van der Waals surface area contributed by atoms with E-state index in [9.17, 15) is 14.0 Å². The van der Waals surface area contributed by atoms with Gasteiger partial charge in [-0.05, 0) is 32.9 Å². The maximum Gasteiger partial charge on any atom is 0.239 e. The first-order chi connectivity index (χ1) is 9.93. The number of rotatable bonds is 7. The van der Waals surface area contributed by atoms with E-state index >= 15 is 0 Å². The van der Waals surface area contributed by atoms with Gasteiger partial charge in [0, 0.05) is 17.5 Å². The molecule has 0 aliphatic heterocycles. The monoisotopic (exact) mass is 312 g/mol. The van der Waals surface area contributed by atoms with E-state index in [1.54, 1.807) is 18.2 Å². The van der Waals surface area contributed by atoms with Crippen LogP contribution in [0.3, 0.4) is 0 Å². The minimum absolute atomic E-state index is 0.0331. The second-order valence-electron chi connectivity index (χ2n) is 4.85. The fourth-order valence-electron chi connectivity index (χ4n) is 1.71. The standard InChI is InChI=1S/C15H21FN2O2S/c1-4-18(9-14(19)17-11(2)3)15(20)10-21-13-8-6-5-7-12(13)16/h5-8,11H,4,9-10H2,1-3H3,(H,17,19). The lowest BCUT2D eigenvalue weighted by molar-refractivity contribution is -0.134. The normalized spacial score (nSPS) is 10.5. The van der Waals surface area contributed by atoms with Crippen LogP contribution in [0.5, 0.6) is 0 Å². The van der Waals surface area contributed by atoms with Crippen LogP contribution in [0.25, 0.3) is 0 Å². The van der Waals surface area contributed by atoms with E-state index in [2.05, 4.69) is 5.32 Å². The van der Waals surface area contributed by atoms with Crippen LogP contribution in [-0.4, -0.2) is 41.6 Å². The Balaban J connectivity index is 2.52. The maximum atomic E-state index is 13.5. The zero-order chi connectivity index (χ0) is 15.8. The van der Waals surface area contributed by atoms with Crippen LogP contribution < -0.4 is 5.32 Å². The van der Waals surface area contributed by atoms with Crippen LogP contribution in [0.2, 0.25) is 0 Å². The molecule has 0 aliphatic rings. The summed E-state index contributed by atoms with van der Waals surface area (Å²) in [6.07, 6.45) is 0. The van der Waals surface area contributed by atoms with Gasteiger partial charge in [0.2, 0.25) is 11.8 Å². The second-order valence-corrected chi connectivity index (χ2v) is 5.87. The van der Waals surface area contributed by atoms with Gasteiger partial charge in [-0.15, -0.1) is 11.8 Å². The Morgan fingerprint density at radius 2 is 2.00 bits per heavy atom. The third kappa shape index (κ3) is 6.16. The van der Waals surface area contributed by atoms with Crippen molar-refractivity contribution in [3.8, 4) is 0 Å². The molecule has 1 aromatic carbocycles. The molecule has 0 saturated heterocycles. The molecule has 0 atom stereocenters. The molecule has 2 amide bonds. The predicted octanol–water partition coefficient (Wildman–Crippen LogP) is 2.29. The van der Waals surface area contributed by atoms with Crippen molar-refractivity contribution in [1.29, 1.82) is 0 Å². The minimum Gasteiger partial charge on any atom is -0.352 e. The summed E-state index contributed by atoms with van der Waals surface area (Å²) in [4.78, 5) is 25.7. The molecular formula is C15H21FN2O2S. The first kappa shape index (κ1) is 17.5. The summed E-state index contributed by atoms with van der Waals surface area (Å²) in [6.45, 7) is 6.02. The molecule has 116 valence electrons. The zero-order valence-corrected chi connectivity index (χ0v) is 13.4. The number of nitrogens with zero attached hydrogens (tertiary/aromatic N) is 1. The third-order valence-electron chi connectivity index (χ3n) is 2.71. The van der Waals surface area contributed by atoms with Crippen molar-refractivity contribution in [1.82, 2.24) is 10.2 Å². The molecule has 6 heteroatoms. The topological polar surface area (TPSA) is 49.4 Å². The van der Waals surface area contributed by atoms with Crippen LogP contribution in [0.15, 0.2) is 29.2 Å². The summed E-state index contributed by atoms with van der Waals surface area (Å²) in [7, 11) is 0. The van der Waals surface area contributed by atoms with E-state index in [-0.39, 0.29) is 36.0 Å². The van der Waals surface area contributed by atoms with Crippen LogP contribution in [-0.2, 0) is 9.59 Å². The average molecular weight is 312 g/mol. The van der Waals surface area contributed by atoms with E-state index in [0.29, 0.717) is 11.4 Å². The SMILES string of the molecule is CCN(CC(=O)NC(C)C)C(=O)CSc1ccccc1F. The second kappa shape index (κ2) is 8.67. The Morgan fingerprint density at radius 1 is 1.33 bits per heavy atom. The predicted molar refractivity (Wildman–Crippen MR) is 82.7 cm³/mol. The van der Waals surface area contributed by atoms with Crippen molar-refractivity contribution < 1.29 is 14.0 Å². The minimum atomic E-state index is -0.337. The molecule has 0 radical (unpaired) electrons. The summed E-state index contributed by atoms with van der Waals surface area (Å²) in [5.74, 6) is -0.583. The van der Waals surface area contributed by atoms with Gasteiger partial charge in [-0.3, -0.25) is 9.59 Å². The average Bonchev–Trinajstić information content (AvgIpc) is 2.42. The number of benzene rings is 1. The number of nitrogens with one attached hydrogen (secondary N) is 1. The van der Waals surface area contributed by atoms with Crippen molar-refractivity contribution in [2.24, 2.45) is 0 Å². The van der Waals surface area contributed by atoms with Gasteiger partial charge in [-0.2, -0.15) is 0 Å². The summed E-state index contributed by atoms with van der Waals surface area (Å²) >= 11 is 1.14. The molecule has 0 unspecified atom stereocenters. The number of likely N-dealkylation sites (N-methyl/N-ethyl adjacent to an activating group) is 1. The van der Waals surface area contributed by atoms with Crippen molar-refractivity contribution in [3.63, 3.8) is 0 Å². The first-order valence-electron chi connectivity index (χ1n) is 6.88. The number of carbonyl (C=O) groups excluding carboxylic acids is 2. The zero-order valence-electron chi connectivity index (χ0n) is 12.6. The van der Waals surface area contributed by atoms with Gasteiger partial charge in [0.15, 0.2) is 0 Å². The summed E-state index contributed by atoms with van der Waals surface area (Å²) in [6, 6.07) is 6.37. The van der Waals surface area contributed by atoms with Crippen molar-refractivity contribution in [2.45, 2.75) is 31.7 Å². The third-order valence-corrected chi connectivity index (χ3v) is 3.74. The molecule has 0 bridgehead atoms. The summed E-state index contributed by atoms with van der Waals surface area (Å²) in [5, 5.41) is 2.75. The van der Waals surface area contributed by atoms with E-state index in [0.717, 1.165) is 11.8 Å². The largest absolute Gasteiger partial charge is 0.352 e. The quantitative estimate of drug-likeness (QED) is 0.786. The Labute approximate surface area is 129 Å². The summed E-state index contributed by atoms with van der Waals surface area (Å²) in [5.41, 5.74) is 0. The van der Waals surface area contributed by atoms with Crippen molar-refractivity contribution in [2.75, 3.05) is 18.8 Å². The van der Waals surface area contributed by atoms with Crippen LogP contribution in [0.1, 0.15) is 20.8 Å². The fraction of sp³-hybridized carbons (Fsp3) is 0.467. The van der Waals surface area contributed by atoms with Gasteiger partial charge >= 0.3 is 0 Å². The molecule has 0 aromatic heterocycles. The number of amides is 2. The molecule has 4 nitrogen and oxygen atoms in total. The van der Waals surface area contributed by atoms with Crippen LogP contribution in [0.4, 0.5) is 4.39 Å². The van der Waals surface area contributed by atoms with Crippen LogP contribution >= 0.6 is 11.8 Å². The number of carbonyl (C=O) groups is 2. The number of halogens is 1. The Kier molecular flexibility index (Phi) is 7.22. The van der Waals surface area contributed by atoms with Gasteiger partial charge in [0.25, 0.3) is 0 Å². The van der Waals surface area contributed by atoms with Crippen LogP contribution in [0, 0.1) is 5.82 Å². The molecule has 1 N–H and O–H groups in total. The van der Waals surface area contributed by atoms with Gasteiger partial charge in [-0.1, -0.05) is 12.1 Å². The molecule has 0 spiro atoms. The highest BCUT2D eigenvalue weighted by molar-refractivity contribution is 8.00. The maximum absolute atomic E-state index is 13.5. The molecule has 1 aromatic rings. The van der Waals surface area contributed by atoms with Gasteiger partial charge in [-0.25, -0.2) is 4.39 Å². The number of thioether (sulfide) groups is 1. The van der Waals surface area contributed by atoms with E-state index in [1.165, 1.54) is 11.0 Å². The van der Waals surface area contributed by atoms with E-state index in [1.807, 2.05) is 20.8 Å². The first-order valence-corrected chi connectivity index (χ1v) is 7.87. The van der Waals surface area contributed by atoms with E-state index in [4.69, 9.17) is 0 Å². The van der Waals surface area contributed by atoms with Crippen molar-refractivity contribution in [3.05, 3.63) is 30.1 Å². The molecule has 0 heterocycles. The Morgan fingerprint density at radius 3 is 2.57 bits per heavy atom.